The van der Waals surface area contributed by atoms with Crippen molar-refractivity contribution < 1.29 is 19.1 Å². The van der Waals surface area contributed by atoms with E-state index in [0.29, 0.717) is 43.5 Å². The number of amides is 1. The molecule has 1 aliphatic heterocycles. The molecule has 0 aliphatic carbocycles. The monoisotopic (exact) mass is 384 g/mol. The Bertz CT molecular complexity index is 559. The molecule has 1 aromatic rings. The molecule has 126 valence electrons. The standard InChI is InChI=1S/C16H21BrN2O4/c1-2-23-16(21)9-13-14(8-12(17)10-18-13)19-15(20)7-11-3-5-22-6-4-11/h8,10-11H,2-7,9H2,1H3,(H,19,20). The first kappa shape index (κ1) is 17.9. The van der Waals surface area contributed by atoms with Crippen LogP contribution in [0.2, 0.25) is 0 Å². The second-order valence-corrected chi connectivity index (χ2v) is 6.35. The van der Waals surface area contributed by atoms with Crippen LogP contribution in [0, 0.1) is 5.92 Å². The van der Waals surface area contributed by atoms with Gasteiger partial charge in [0, 0.05) is 30.3 Å². The molecule has 1 aliphatic rings. The Kier molecular flexibility index (Phi) is 6.98. The minimum Gasteiger partial charge on any atom is -0.466 e. The number of hydrogen-bond donors (Lipinski definition) is 1. The summed E-state index contributed by atoms with van der Waals surface area (Å²) in [7, 11) is 0. The number of nitrogens with one attached hydrogen (secondary N) is 1. The Balaban J connectivity index is 2.00. The molecular formula is C16H21BrN2O4. The third-order valence-corrected chi connectivity index (χ3v) is 4.08. The van der Waals surface area contributed by atoms with Gasteiger partial charge in [0.25, 0.3) is 0 Å². The highest BCUT2D eigenvalue weighted by Gasteiger charge is 2.19. The van der Waals surface area contributed by atoms with Gasteiger partial charge >= 0.3 is 5.97 Å². The Morgan fingerprint density at radius 3 is 2.87 bits per heavy atom. The molecular weight excluding hydrogens is 364 g/mol. The van der Waals surface area contributed by atoms with Crippen LogP contribution in [0.1, 0.15) is 31.9 Å². The third-order valence-electron chi connectivity index (χ3n) is 3.64. The van der Waals surface area contributed by atoms with Crippen LogP contribution in [0.15, 0.2) is 16.7 Å². The molecule has 2 rings (SSSR count). The third kappa shape index (κ3) is 5.91. The summed E-state index contributed by atoms with van der Waals surface area (Å²) in [5, 5.41) is 2.87. The van der Waals surface area contributed by atoms with Crippen molar-refractivity contribution in [3.8, 4) is 0 Å². The summed E-state index contributed by atoms with van der Waals surface area (Å²) in [6.45, 7) is 3.50. The van der Waals surface area contributed by atoms with Crippen LogP contribution in [-0.4, -0.2) is 36.7 Å². The number of ether oxygens (including phenoxy) is 2. The first-order valence-electron chi connectivity index (χ1n) is 7.76. The molecule has 0 saturated carbocycles. The van der Waals surface area contributed by atoms with Gasteiger partial charge in [0.1, 0.15) is 0 Å². The van der Waals surface area contributed by atoms with Gasteiger partial charge in [-0.15, -0.1) is 0 Å². The smallest absolute Gasteiger partial charge is 0.311 e. The number of pyridine rings is 1. The minimum absolute atomic E-state index is 0.0357. The van der Waals surface area contributed by atoms with Crippen molar-refractivity contribution in [2.45, 2.75) is 32.6 Å². The summed E-state index contributed by atoms with van der Waals surface area (Å²) in [6, 6.07) is 1.75. The molecule has 0 spiro atoms. The van der Waals surface area contributed by atoms with Crippen LogP contribution < -0.4 is 5.32 Å². The Labute approximate surface area is 144 Å². The maximum atomic E-state index is 12.2. The molecule has 0 aromatic carbocycles. The molecule has 1 N–H and O–H groups in total. The predicted octanol–water partition coefficient (Wildman–Crippen LogP) is 2.70. The molecule has 1 saturated heterocycles. The van der Waals surface area contributed by atoms with Gasteiger partial charge in [-0.2, -0.15) is 0 Å². The molecule has 1 amide bonds. The van der Waals surface area contributed by atoms with Crippen molar-refractivity contribution in [2.24, 2.45) is 5.92 Å². The van der Waals surface area contributed by atoms with E-state index in [0.717, 1.165) is 17.3 Å². The Morgan fingerprint density at radius 2 is 2.17 bits per heavy atom. The van der Waals surface area contributed by atoms with Gasteiger partial charge in [-0.25, -0.2) is 0 Å². The highest BCUT2D eigenvalue weighted by Crippen LogP contribution is 2.22. The lowest BCUT2D eigenvalue weighted by molar-refractivity contribution is -0.142. The van der Waals surface area contributed by atoms with Gasteiger partial charge < -0.3 is 14.8 Å². The van der Waals surface area contributed by atoms with E-state index in [-0.39, 0.29) is 18.3 Å². The SMILES string of the molecule is CCOC(=O)Cc1ncc(Br)cc1NC(=O)CC1CCOCC1. The average Bonchev–Trinajstić information content (AvgIpc) is 2.51. The zero-order valence-electron chi connectivity index (χ0n) is 13.1. The molecule has 23 heavy (non-hydrogen) atoms. The number of rotatable bonds is 6. The van der Waals surface area contributed by atoms with E-state index in [1.165, 1.54) is 0 Å². The first-order valence-corrected chi connectivity index (χ1v) is 8.55. The van der Waals surface area contributed by atoms with Gasteiger partial charge in [-0.1, -0.05) is 0 Å². The quantitative estimate of drug-likeness (QED) is 0.762. The fourth-order valence-corrected chi connectivity index (χ4v) is 2.81. The summed E-state index contributed by atoms with van der Waals surface area (Å²) >= 11 is 3.34. The predicted molar refractivity (Wildman–Crippen MR) is 89.1 cm³/mol. The van der Waals surface area contributed by atoms with Crippen LogP contribution in [0.5, 0.6) is 0 Å². The highest BCUT2D eigenvalue weighted by molar-refractivity contribution is 9.10. The Hall–Kier alpha value is -1.47. The van der Waals surface area contributed by atoms with Crippen molar-refractivity contribution in [2.75, 3.05) is 25.1 Å². The minimum atomic E-state index is -0.359. The molecule has 6 nitrogen and oxygen atoms in total. The zero-order valence-corrected chi connectivity index (χ0v) is 14.7. The molecule has 0 atom stereocenters. The maximum Gasteiger partial charge on any atom is 0.311 e. The van der Waals surface area contributed by atoms with Crippen molar-refractivity contribution >= 4 is 33.5 Å². The van der Waals surface area contributed by atoms with Crippen LogP contribution in [0.4, 0.5) is 5.69 Å². The van der Waals surface area contributed by atoms with E-state index in [1.54, 1.807) is 19.2 Å². The summed E-state index contributed by atoms with van der Waals surface area (Å²) in [4.78, 5) is 28.1. The summed E-state index contributed by atoms with van der Waals surface area (Å²) in [5.74, 6) is -0.0819. The highest BCUT2D eigenvalue weighted by atomic mass is 79.9. The number of hydrogen-bond acceptors (Lipinski definition) is 5. The number of carbonyl (C=O) groups is 2. The molecule has 2 heterocycles. The topological polar surface area (TPSA) is 77.5 Å². The Morgan fingerprint density at radius 1 is 1.43 bits per heavy atom. The van der Waals surface area contributed by atoms with Crippen LogP contribution >= 0.6 is 15.9 Å². The number of esters is 1. The van der Waals surface area contributed by atoms with E-state index in [9.17, 15) is 9.59 Å². The normalized spacial score (nSPS) is 15.2. The number of aromatic nitrogens is 1. The number of halogens is 1. The number of carbonyl (C=O) groups excluding carboxylic acids is 2. The lowest BCUT2D eigenvalue weighted by Gasteiger charge is -2.21. The number of anilines is 1. The van der Waals surface area contributed by atoms with Crippen molar-refractivity contribution in [3.05, 3.63) is 22.4 Å². The molecule has 0 bridgehead atoms. The van der Waals surface area contributed by atoms with E-state index < -0.39 is 0 Å². The molecule has 0 unspecified atom stereocenters. The fraction of sp³-hybridized carbons (Fsp3) is 0.562. The lowest BCUT2D eigenvalue weighted by Crippen LogP contribution is -2.23. The van der Waals surface area contributed by atoms with Gasteiger partial charge in [0.05, 0.1) is 24.4 Å². The van der Waals surface area contributed by atoms with E-state index in [2.05, 4.69) is 26.2 Å². The van der Waals surface area contributed by atoms with Gasteiger partial charge in [-0.05, 0) is 47.7 Å². The van der Waals surface area contributed by atoms with Crippen molar-refractivity contribution in [1.29, 1.82) is 0 Å². The summed E-state index contributed by atoms with van der Waals surface area (Å²) < 4.78 is 11.0. The molecule has 1 aromatic heterocycles. The lowest BCUT2D eigenvalue weighted by atomic mass is 9.96. The van der Waals surface area contributed by atoms with E-state index >= 15 is 0 Å². The summed E-state index contributed by atoms with van der Waals surface area (Å²) in [5.41, 5.74) is 1.05. The zero-order chi connectivity index (χ0) is 16.7. The number of nitrogens with zero attached hydrogens (tertiary/aromatic N) is 1. The van der Waals surface area contributed by atoms with Crippen LogP contribution in [0.25, 0.3) is 0 Å². The second kappa shape index (κ2) is 8.98. The van der Waals surface area contributed by atoms with Crippen LogP contribution in [0.3, 0.4) is 0 Å². The van der Waals surface area contributed by atoms with Crippen molar-refractivity contribution in [1.82, 2.24) is 4.98 Å². The van der Waals surface area contributed by atoms with Crippen molar-refractivity contribution in [3.63, 3.8) is 0 Å². The van der Waals surface area contributed by atoms with Crippen LogP contribution in [-0.2, 0) is 25.5 Å². The second-order valence-electron chi connectivity index (χ2n) is 5.44. The largest absolute Gasteiger partial charge is 0.466 e. The van der Waals surface area contributed by atoms with Gasteiger partial charge in [0.15, 0.2) is 0 Å². The van der Waals surface area contributed by atoms with E-state index in [1.807, 2.05) is 0 Å². The first-order chi connectivity index (χ1) is 11.1. The van der Waals surface area contributed by atoms with E-state index in [4.69, 9.17) is 9.47 Å². The fourth-order valence-electron chi connectivity index (χ4n) is 2.48. The molecule has 1 fully saturated rings. The summed E-state index contributed by atoms with van der Waals surface area (Å²) in [6.07, 6.45) is 3.89. The van der Waals surface area contributed by atoms with Gasteiger partial charge in [0.2, 0.25) is 5.91 Å². The molecule has 7 heteroatoms. The van der Waals surface area contributed by atoms with Gasteiger partial charge in [-0.3, -0.25) is 14.6 Å². The maximum absolute atomic E-state index is 12.2. The average molecular weight is 385 g/mol. The molecule has 0 radical (unpaired) electrons.